The number of carbonyl (C=O) groups is 1. The van der Waals surface area contributed by atoms with Gasteiger partial charge in [0, 0.05) is 15.9 Å². The zero-order valence-corrected chi connectivity index (χ0v) is 18.1. The molecule has 3 N–H and O–H groups in total. The van der Waals surface area contributed by atoms with Crippen LogP contribution in [0.25, 0.3) is 0 Å². The first kappa shape index (κ1) is 21.1. The molecule has 1 aromatic carbocycles. The van der Waals surface area contributed by atoms with E-state index in [4.69, 9.17) is 51.8 Å². The molecule has 0 aliphatic heterocycles. The Hall–Kier alpha value is 0.01000. The molecular formula is C12H12Br2Cl3N3O2S. The molecule has 0 saturated carbocycles. The lowest BCUT2D eigenvalue weighted by atomic mass is 10.3. The second-order valence-corrected chi connectivity index (χ2v) is 8.73. The number of amides is 1. The summed E-state index contributed by atoms with van der Waals surface area (Å²) in [5, 5.41) is 8.31. The van der Waals surface area contributed by atoms with Crippen LogP contribution in [-0.2, 0) is 4.79 Å². The molecule has 0 spiro atoms. The van der Waals surface area contributed by atoms with Crippen LogP contribution in [0, 0.1) is 0 Å². The van der Waals surface area contributed by atoms with Gasteiger partial charge in [-0.25, -0.2) is 0 Å². The van der Waals surface area contributed by atoms with Crippen molar-refractivity contribution >= 4 is 95.6 Å². The Balaban J connectivity index is 2.89. The maximum Gasteiger partial charge on any atom is 0.228 e. The van der Waals surface area contributed by atoms with E-state index in [2.05, 4.69) is 47.8 Å². The summed E-state index contributed by atoms with van der Waals surface area (Å²) in [7, 11) is 1.56. The van der Waals surface area contributed by atoms with E-state index in [1.54, 1.807) is 19.2 Å². The molecule has 0 aromatic heterocycles. The summed E-state index contributed by atoms with van der Waals surface area (Å²) in [6.45, 7) is 1.30. The molecule has 0 fully saturated rings. The van der Waals surface area contributed by atoms with Gasteiger partial charge in [0.1, 0.15) is 11.9 Å². The largest absolute Gasteiger partial charge is 0.497 e. The number of carbonyl (C=O) groups excluding carboxylic acids is 1. The first-order valence-corrected chi connectivity index (χ1v) is 9.11. The molecule has 0 saturated heterocycles. The Morgan fingerprint density at radius 3 is 2.17 bits per heavy atom. The second kappa shape index (κ2) is 8.92. The number of rotatable bonds is 4. The van der Waals surface area contributed by atoms with Gasteiger partial charge >= 0.3 is 0 Å². The lowest BCUT2D eigenvalue weighted by molar-refractivity contribution is -0.119. The maximum atomic E-state index is 11.2. The summed E-state index contributed by atoms with van der Waals surface area (Å²) >= 11 is 29.5. The van der Waals surface area contributed by atoms with Gasteiger partial charge in [-0.2, -0.15) is 0 Å². The van der Waals surface area contributed by atoms with Crippen LogP contribution in [0.1, 0.15) is 6.92 Å². The fourth-order valence-corrected chi connectivity index (χ4v) is 3.36. The summed E-state index contributed by atoms with van der Waals surface area (Å²) in [6.07, 6.45) is -0.999. The van der Waals surface area contributed by atoms with Crippen LogP contribution in [0.5, 0.6) is 5.75 Å². The van der Waals surface area contributed by atoms with Crippen LogP contribution in [0.2, 0.25) is 0 Å². The summed E-state index contributed by atoms with van der Waals surface area (Å²) in [4.78, 5) is 11.2. The van der Waals surface area contributed by atoms with Gasteiger partial charge in [-0.1, -0.05) is 34.8 Å². The number of alkyl halides is 3. The van der Waals surface area contributed by atoms with Gasteiger partial charge in [0.05, 0.1) is 12.8 Å². The van der Waals surface area contributed by atoms with E-state index in [1.807, 2.05) is 0 Å². The molecule has 1 rings (SSSR count). The standard InChI is InChI=1S/C12H12Br2Cl3N3O2S/c1-5(21)18-10(12(15,16)17)20-11(23)19-9-7(13)3-6(22-2)4-8(9)14/h3-4,10H,1-2H3,(H,18,21)(H2,19,20,23)/t10-/m0/s1. The average Bonchev–Trinajstić information content (AvgIpc) is 2.40. The van der Waals surface area contributed by atoms with Crippen LogP contribution >= 0.6 is 78.9 Å². The Morgan fingerprint density at radius 2 is 1.78 bits per heavy atom. The predicted octanol–water partition coefficient (Wildman–Crippen LogP) is 4.34. The lowest BCUT2D eigenvalue weighted by Crippen LogP contribution is -2.55. The molecule has 1 amide bonds. The van der Waals surface area contributed by atoms with Crippen LogP contribution in [0.4, 0.5) is 5.69 Å². The third kappa shape index (κ3) is 6.80. The average molecular weight is 528 g/mol. The molecule has 5 nitrogen and oxygen atoms in total. The molecule has 0 unspecified atom stereocenters. The molecule has 0 aliphatic carbocycles. The quantitative estimate of drug-likeness (QED) is 0.309. The second-order valence-electron chi connectivity index (χ2n) is 4.24. The number of nitrogens with one attached hydrogen (secondary N) is 3. The van der Waals surface area contributed by atoms with Crippen molar-refractivity contribution in [3.8, 4) is 5.75 Å². The van der Waals surface area contributed by atoms with Gasteiger partial charge < -0.3 is 20.7 Å². The minimum absolute atomic E-state index is 0.154. The van der Waals surface area contributed by atoms with Crippen molar-refractivity contribution < 1.29 is 9.53 Å². The summed E-state index contributed by atoms with van der Waals surface area (Å²) < 4.78 is 4.78. The topological polar surface area (TPSA) is 62.4 Å². The number of benzene rings is 1. The highest BCUT2D eigenvalue weighted by molar-refractivity contribution is 9.11. The van der Waals surface area contributed by atoms with Gasteiger partial charge in [-0.15, -0.1) is 0 Å². The minimum Gasteiger partial charge on any atom is -0.497 e. The Labute approximate surface area is 171 Å². The number of anilines is 1. The van der Waals surface area contributed by atoms with Crippen LogP contribution < -0.4 is 20.7 Å². The van der Waals surface area contributed by atoms with E-state index in [0.29, 0.717) is 20.4 Å². The molecule has 128 valence electrons. The molecule has 0 heterocycles. The molecule has 11 heteroatoms. The van der Waals surface area contributed by atoms with Crippen molar-refractivity contribution in [2.75, 3.05) is 12.4 Å². The highest BCUT2D eigenvalue weighted by atomic mass is 79.9. The molecule has 1 atom stereocenters. The third-order valence-corrected chi connectivity index (χ3v) is 4.57. The first-order valence-electron chi connectivity index (χ1n) is 5.99. The number of methoxy groups -OCH3 is 1. The Morgan fingerprint density at radius 1 is 1.26 bits per heavy atom. The highest BCUT2D eigenvalue weighted by Crippen LogP contribution is 2.35. The number of halogens is 5. The number of hydrogen-bond acceptors (Lipinski definition) is 3. The van der Waals surface area contributed by atoms with Gasteiger partial charge in [-0.3, -0.25) is 4.79 Å². The van der Waals surface area contributed by atoms with Crippen molar-refractivity contribution in [3.63, 3.8) is 0 Å². The number of thiocarbonyl (C=S) groups is 1. The van der Waals surface area contributed by atoms with Gasteiger partial charge in [0.2, 0.25) is 9.70 Å². The van der Waals surface area contributed by atoms with E-state index in [-0.39, 0.29) is 11.0 Å². The van der Waals surface area contributed by atoms with Crippen molar-refractivity contribution in [1.82, 2.24) is 10.6 Å². The van der Waals surface area contributed by atoms with Gasteiger partial charge in [0.25, 0.3) is 0 Å². The summed E-state index contributed by atoms with van der Waals surface area (Å²) in [6, 6.07) is 3.52. The first-order chi connectivity index (χ1) is 10.5. The summed E-state index contributed by atoms with van der Waals surface area (Å²) in [5.74, 6) is 0.286. The number of hydrogen-bond donors (Lipinski definition) is 3. The molecule has 0 radical (unpaired) electrons. The summed E-state index contributed by atoms with van der Waals surface area (Å²) in [5.41, 5.74) is 0.647. The van der Waals surface area contributed by atoms with E-state index in [0.717, 1.165) is 0 Å². The normalized spacial score (nSPS) is 12.3. The molecule has 23 heavy (non-hydrogen) atoms. The van der Waals surface area contributed by atoms with Crippen molar-refractivity contribution in [3.05, 3.63) is 21.1 Å². The molecule has 1 aromatic rings. The van der Waals surface area contributed by atoms with E-state index in [9.17, 15) is 4.79 Å². The Bertz CT molecular complexity index is 591. The molecule has 0 aliphatic rings. The van der Waals surface area contributed by atoms with E-state index < -0.39 is 9.96 Å². The molecule has 0 bridgehead atoms. The van der Waals surface area contributed by atoms with Crippen molar-refractivity contribution in [1.29, 1.82) is 0 Å². The lowest BCUT2D eigenvalue weighted by Gasteiger charge is -2.27. The SMILES string of the molecule is COc1cc(Br)c(NC(=S)N[C@H](NC(C)=O)C(Cl)(Cl)Cl)c(Br)c1. The Kier molecular flexibility index (Phi) is 8.16. The fourth-order valence-electron chi connectivity index (χ4n) is 1.47. The van der Waals surface area contributed by atoms with Gasteiger partial charge in [0.15, 0.2) is 5.11 Å². The third-order valence-electron chi connectivity index (χ3n) is 2.44. The van der Waals surface area contributed by atoms with Crippen LogP contribution in [0.3, 0.4) is 0 Å². The molecular weight excluding hydrogens is 516 g/mol. The smallest absolute Gasteiger partial charge is 0.228 e. The predicted molar refractivity (Wildman–Crippen MR) is 106 cm³/mol. The fraction of sp³-hybridized carbons (Fsp3) is 0.333. The van der Waals surface area contributed by atoms with Crippen LogP contribution in [0.15, 0.2) is 21.1 Å². The monoisotopic (exact) mass is 525 g/mol. The zero-order chi connectivity index (χ0) is 17.8. The number of ether oxygens (including phenoxy) is 1. The highest BCUT2D eigenvalue weighted by Gasteiger charge is 2.34. The van der Waals surface area contributed by atoms with Crippen LogP contribution in [-0.4, -0.2) is 28.1 Å². The zero-order valence-electron chi connectivity index (χ0n) is 11.8. The van der Waals surface area contributed by atoms with E-state index in [1.165, 1.54) is 6.92 Å². The maximum absolute atomic E-state index is 11.2. The van der Waals surface area contributed by atoms with Crippen molar-refractivity contribution in [2.24, 2.45) is 0 Å². The minimum atomic E-state index is -1.79. The van der Waals surface area contributed by atoms with E-state index >= 15 is 0 Å². The van der Waals surface area contributed by atoms with Crippen molar-refractivity contribution in [2.45, 2.75) is 16.9 Å². The van der Waals surface area contributed by atoms with Gasteiger partial charge in [-0.05, 0) is 56.2 Å².